The van der Waals surface area contributed by atoms with E-state index in [4.69, 9.17) is 5.11 Å². The van der Waals surface area contributed by atoms with Crippen LogP contribution >= 0.6 is 0 Å². The molecule has 0 radical (unpaired) electrons. The molecule has 0 heterocycles. The number of rotatable bonds is 3. The van der Waals surface area contributed by atoms with Crippen LogP contribution in [0.3, 0.4) is 0 Å². The summed E-state index contributed by atoms with van der Waals surface area (Å²) in [6, 6.07) is 0. The van der Waals surface area contributed by atoms with Crippen molar-refractivity contribution in [1.29, 1.82) is 0 Å². The average molecular weight is 138 g/mol. The SMILES string of the molecule is CCC(CC)C(=O)O.[CH3-].[Li+]. The monoisotopic (exact) mass is 138 g/mol. The largest absolute Gasteiger partial charge is 1.00 e. The van der Waals surface area contributed by atoms with E-state index in [-0.39, 0.29) is 32.2 Å². The van der Waals surface area contributed by atoms with Crippen molar-refractivity contribution in [2.24, 2.45) is 5.92 Å². The molecular weight excluding hydrogens is 123 g/mol. The molecule has 0 fully saturated rings. The number of aliphatic carboxylic acids is 1. The van der Waals surface area contributed by atoms with Gasteiger partial charge in [-0.3, -0.25) is 4.79 Å². The molecule has 0 aliphatic rings. The van der Waals surface area contributed by atoms with E-state index in [9.17, 15) is 4.79 Å². The zero-order valence-corrected chi connectivity index (χ0v) is 7.35. The molecule has 0 saturated carbocycles. The van der Waals surface area contributed by atoms with Gasteiger partial charge in [0, 0.05) is 0 Å². The van der Waals surface area contributed by atoms with E-state index in [1.807, 2.05) is 13.8 Å². The van der Waals surface area contributed by atoms with Crippen LogP contribution in [0.4, 0.5) is 0 Å². The smallest absolute Gasteiger partial charge is 0.481 e. The summed E-state index contributed by atoms with van der Waals surface area (Å²) >= 11 is 0. The van der Waals surface area contributed by atoms with Gasteiger partial charge in [0.25, 0.3) is 0 Å². The van der Waals surface area contributed by atoms with Crippen LogP contribution < -0.4 is 18.9 Å². The molecule has 0 aromatic heterocycles. The molecule has 0 bridgehead atoms. The first-order valence-electron chi connectivity index (χ1n) is 2.95. The Labute approximate surface area is 75.2 Å². The predicted octanol–water partition coefficient (Wildman–Crippen LogP) is -1.04. The Morgan fingerprint density at radius 1 is 1.40 bits per heavy atom. The van der Waals surface area contributed by atoms with Crippen LogP contribution in [0.2, 0.25) is 0 Å². The van der Waals surface area contributed by atoms with E-state index in [1.165, 1.54) is 0 Å². The van der Waals surface area contributed by atoms with Crippen molar-refractivity contribution >= 4 is 5.97 Å². The fraction of sp³-hybridized carbons (Fsp3) is 0.714. The molecule has 0 aromatic carbocycles. The summed E-state index contributed by atoms with van der Waals surface area (Å²) < 4.78 is 0. The molecule has 0 aromatic rings. The van der Waals surface area contributed by atoms with Crippen molar-refractivity contribution in [3.05, 3.63) is 7.43 Å². The number of hydrogen-bond acceptors (Lipinski definition) is 1. The summed E-state index contributed by atoms with van der Waals surface area (Å²) in [5, 5.41) is 8.37. The van der Waals surface area contributed by atoms with Gasteiger partial charge in [-0.15, -0.1) is 0 Å². The topological polar surface area (TPSA) is 37.3 Å². The van der Waals surface area contributed by atoms with Gasteiger partial charge in [0.2, 0.25) is 0 Å². The van der Waals surface area contributed by atoms with E-state index in [0.717, 1.165) is 12.8 Å². The number of hydrogen-bond donors (Lipinski definition) is 1. The summed E-state index contributed by atoms with van der Waals surface area (Å²) in [5.74, 6) is -0.801. The third-order valence-electron chi connectivity index (χ3n) is 1.33. The summed E-state index contributed by atoms with van der Waals surface area (Å²) in [6.45, 7) is 3.78. The Bertz CT molecular complexity index is 79.7. The van der Waals surface area contributed by atoms with E-state index in [1.54, 1.807) is 0 Å². The van der Waals surface area contributed by atoms with Crippen LogP contribution in [0.25, 0.3) is 0 Å². The van der Waals surface area contributed by atoms with Crippen molar-refractivity contribution in [2.75, 3.05) is 0 Å². The molecule has 0 rings (SSSR count). The zero-order valence-electron chi connectivity index (χ0n) is 7.35. The standard InChI is InChI=1S/C6H12O2.CH3.Li/c1-3-5(4-2)6(7)8;;/h5H,3-4H2,1-2H3,(H,7,8);1H3;/q;-1;+1. The van der Waals surface area contributed by atoms with Gasteiger partial charge in [0.15, 0.2) is 0 Å². The number of carboxylic acid groups (broad SMARTS) is 1. The van der Waals surface area contributed by atoms with Crippen molar-refractivity contribution in [3.63, 3.8) is 0 Å². The molecule has 3 heteroatoms. The van der Waals surface area contributed by atoms with E-state index in [0.29, 0.717) is 0 Å². The maximum atomic E-state index is 10.2. The Morgan fingerprint density at radius 2 is 1.70 bits per heavy atom. The van der Waals surface area contributed by atoms with Crippen molar-refractivity contribution < 1.29 is 28.8 Å². The summed E-state index contributed by atoms with van der Waals surface area (Å²) in [5.41, 5.74) is 0. The van der Waals surface area contributed by atoms with Gasteiger partial charge < -0.3 is 12.5 Å². The summed E-state index contributed by atoms with van der Waals surface area (Å²) in [4.78, 5) is 10.2. The predicted molar refractivity (Wildman–Crippen MR) is 38.1 cm³/mol. The third kappa shape index (κ3) is 6.19. The van der Waals surface area contributed by atoms with Gasteiger partial charge in [-0.2, -0.15) is 0 Å². The third-order valence-corrected chi connectivity index (χ3v) is 1.33. The molecule has 10 heavy (non-hydrogen) atoms. The second-order valence-corrected chi connectivity index (χ2v) is 1.85. The Kier molecular flexibility index (Phi) is 15.0. The quantitative estimate of drug-likeness (QED) is 0.399. The van der Waals surface area contributed by atoms with E-state index >= 15 is 0 Å². The second-order valence-electron chi connectivity index (χ2n) is 1.85. The first-order valence-corrected chi connectivity index (χ1v) is 2.95. The summed E-state index contributed by atoms with van der Waals surface area (Å²) in [6.07, 6.45) is 1.48. The normalized spacial score (nSPS) is 7.90. The molecule has 0 unspecified atom stereocenters. The van der Waals surface area contributed by atoms with Gasteiger partial charge in [0.1, 0.15) is 0 Å². The molecule has 0 aliphatic heterocycles. The molecule has 0 amide bonds. The summed E-state index contributed by atoms with van der Waals surface area (Å²) in [7, 11) is 0. The van der Waals surface area contributed by atoms with E-state index < -0.39 is 5.97 Å². The van der Waals surface area contributed by atoms with Gasteiger partial charge in [-0.05, 0) is 12.8 Å². The van der Waals surface area contributed by atoms with Crippen molar-refractivity contribution in [3.8, 4) is 0 Å². The number of carboxylic acids is 1. The fourth-order valence-corrected chi connectivity index (χ4v) is 0.638. The van der Waals surface area contributed by atoms with Crippen LogP contribution in [-0.2, 0) is 4.79 Å². The maximum Gasteiger partial charge on any atom is 1.00 e. The van der Waals surface area contributed by atoms with Gasteiger partial charge >= 0.3 is 24.8 Å². The van der Waals surface area contributed by atoms with Crippen LogP contribution in [0.15, 0.2) is 0 Å². The molecule has 0 spiro atoms. The van der Waals surface area contributed by atoms with Gasteiger partial charge in [-0.25, -0.2) is 0 Å². The molecular formula is C7H15LiO2. The Hall–Kier alpha value is 0.0674. The van der Waals surface area contributed by atoms with Gasteiger partial charge in [0.05, 0.1) is 5.92 Å². The average Bonchev–Trinajstić information content (AvgIpc) is 1.69. The first kappa shape index (κ1) is 16.6. The molecule has 0 atom stereocenters. The molecule has 2 nitrogen and oxygen atoms in total. The first-order chi connectivity index (χ1) is 3.72. The van der Waals surface area contributed by atoms with Crippen molar-refractivity contribution in [2.45, 2.75) is 26.7 Å². The van der Waals surface area contributed by atoms with Crippen LogP contribution in [0.1, 0.15) is 26.7 Å². The molecule has 0 aliphatic carbocycles. The molecule has 1 N–H and O–H groups in total. The van der Waals surface area contributed by atoms with Gasteiger partial charge in [-0.1, -0.05) is 13.8 Å². The minimum absolute atomic E-state index is 0. The van der Waals surface area contributed by atoms with E-state index in [2.05, 4.69) is 0 Å². The Balaban J connectivity index is -0.000000245. The Morgan fingerprint density at radius 3 is 1.70 bits per heavy atom. The molecule has 0 saturated heterocycles. The van der Waals surface area contributed by atoms with Crippen LogP contribution in [-0.4, -0.2) is 11.1 Å². The minimum atomic E-state index is -0.671. The maximum absolute atomic E-state index is 10.2. The minimum Gasteiger partial charge on any atom is -0.481 e. The fourth-order valence-electron chi connectivity index (χ4n) is 0.638. The van der Waals surface area contributed by atoms with Crippen LogP contribution in [0.5, 0.6) is 0 Å². The van der Waals surface area contributed by atoms with Crippen molar-refractivity contribution in [1.82, 2.24) is 0 Å². The molecule has 56 valence electrons. The van der Waals surface area contributed by atoms with Crippen LogP contribution in [0, 0.1) is 13.3 Å². The zero-order chi connectivity index (χ0) is 6.57. The number of carbonyl (C=O) groups is 1. The second kappa shape index (κ2) is 9.07.